The van der Waals surface area contributed by atoms with Crippen LogP contribution in [0, 0.1) is 0 Å². The van der Waals surface area contributed by atoms with E-state index in [-0.39, 0.29) is 5.91 Å². The number of nitrogens with one attached hydrogen (secondary N) is 3. The van der Waals surface area contributed by atoms with Crippen LogP contribution in [0.1, 0.15) is 5.01 Å². The average Bonchev–Trinajstić information content (AvgIpc) is 2.63. The van der Waals surface area contributed by atoms with Crippen molar-refractivity contribution in [2.45, 2.75) is 6.54 Å². The molecule has 0 bridgehead atoms. The van der Waals surface area contributed by atoms with Gasteiger partial charge in [-0.25, -0.2) is 4.98 Å². The monoisotopic (exact) mass is 214 g/mol. The van der Waals surface area contributed by atoms with Gasteiger partial charge in [-0.3, -0.25) is 4.79 Å². The summed E-state index contributed by atoms with van der Waals surface area (Å²) < 4.78 is 0. The van der Waals surface area contributed by atoms with E-state index < -0.39 is 0 Å². The minimum atomic E-state index is -0.0197. The minimum absolute atomic E-state index is 0.0197. The standard InChI is InChI=1S/C8H14N4OS/c1-9-3-6(13)11-5-8-12-4-7(10-2)14-8/h4,9-10H,3,5H2,1-2H3,(H,11,13). The van der Waals surface area contributed by atoms with E-state index in [1.165, 1.54) is 11.3 Å². The zero-order chi connectivity index (χ0) is 10.4. The predicted octanol–water partition coefficient (Wildman–Crippen LogP) is 0.0204. The molecule has 14 heavy (non-hydrogen) atoms. The maximum absolute atomic E-state index is 11.1. The lowest BCUT2D eigenvalue weighted by atomic mass is 10.5. The molecule has 0 aromatic carbocycles. The van der Waals surface area contributed by atoms with Crippen molar-refractivity contribution >= 4 is 22.2 Å². The van der Waals surface area contributed by atoms with E-state index >= 15 is 0 Å². The number of nitrogens with zero attached hydrogens (tertiary/aromatic N) is 1. The van der Waals surface area contributed by atoms with E-state index in [1.54, 1.807) is 13.2 Å². The Balaban J connectivity index is 2.34. The zero-order valence-electron chi connectivity index (χ0n) is 8.26. The highest BCUT2D eigenvalue weighted by Gasteiger charge is 2.02. The van der Waals surface area contributed by atoms with Crippen molar-refractivity contribution in [2.75, 3.05) is 26.0 Å². The molecule has 1 rings (SSSR count). The van der Waals surface area contributed by atoms with Crippen LogP contribution in [0.2, 0.25) is 0 Å². The summed E-state index contributed by atoms with van der Waals surface area (Å²) in [5.74, 6) is -0.0197. The molecular formula is C8H14N4OS. The van der Waals surface area contributed by atoms with Gasteiger partial charge >= 0.3 is 0 Å². The van der Waals surface area contributed by atoms with Crippen LogP contribution in [0.25, 0.3) is 0 Å². The second-order valence-corrected chi connectivity index (χ2v) is 3.79. The summed E-state index contributed by atoms with van der Waals surface area (Å²) >= 11 is 1.54. The highest BCUT2D eigenvalue weighted by molar-refractivity contribution is 7.15. The molecule has 6 heteroatoms. The Bertz CT molecular complexity index is 299. The van der Waals surface area contributed by atoms with Gasteiger partial charge in [0.25, 0.3) is 0 Å². The molecule has 1 heterocycles. The van der Waals surface area contributed by atoms with Crippen molar-refractivity contribution in [3.63, 3.8) is 0 Å². The first-order valence-electron chi connectivity index (χ1n) is 4.30. The quantitative estimate of drug-likeness (QED) is 0.646. The first kappa shape index (κ1) is 10.9. The summed E-state index contributed by atoms with van der Waals surface area (Å²) in [6.07, 6.45) is 1.75. The third-order valence-corrected chi connectivity index (χ3v) is 2.59. The van der Waals surface area contributed by atoms with Crippen LogP contribution in [0.4, 0.5) is 5.00 Å². The number of hydrogen-bond acceptors (Lipinski definition) is 5. The number of likely N-dealkylation sites (N-methyl/N-ethyl adjacent to an activating group) is 1. The topological polar surface area (TPSA) is 66.0 Å². The number of carbonyl (C=O) groups is 1. The number of thiazole rings is 1. The van der Waals surface area contributed by atoms with Gasteiger partial charge in [-0.15, -0.1) is 0 Å². The molecule has 0 saturated carbocycles. The molecule has 1 aromatic rings. The zero-order valence-corrected chi connectivity index (χ0v) is 9.07. The number of amides is 1. The summed E-state index contributed by atoms with van der Waals surface area (Å²) in [6.45, 7) is 0.830. The van der Waals surface area contributed by atoms with Gasteiger partial charge in [0.15, 0.2) is 0 Å². The number of anilines is 1. The van der Waals surface area contributed by atoms with E-state index in [0.717, 1.165) is 10.0 Å². The molecule has 0 fully saturated rings. The molecule has 0 aliphatic carbocycles. The van der Waals surface area contributed by atoms with Gasteiger partial charge in [-0.1, -0.05) is 11.3 Å². The number of rotatable bonds is 5. The van der Waals surface area contributed by atoms with Crippen LogP contribution in [-0.4, -0.2) is 31.5 Å². The Morgan fingerprint density at radius 2 is 2.36 bits per heavy atom. The highest BCUT2D eigenvalue weighted by Crippen LogP contribution is 2.17. The van der Waals surface area contributed by atoms with Crippen molar-refractivity contribution in [3.05, 3.63) is 11.2 Å². The van der Waals surface area contributed by atoms with Crippen molar-refractivity contribution in [3.8, 4) is 0 Å². The summed E-state index contributed by atoms with van der Waals surface area (Å²) in [6, 6.07) is 0. The summed E-state index contributed by atoms with van der Waals surface area (Å²) in [5.41, 5.74) is 0. The Morgan fingerprint density at radius 1 is 1.57 bits per heavy atom. The lowest BCUT2D eigenvalue weighted by Gasteiger charge is -2.00. The van der Waals surface area contributed by atoms with E-state index in [9.17, 15) is 4.79 Å². The van der Waals surface area contributed by atoms with Gasteiger partial charge in [0, 0.05) is 7.05 Å². The highest BCUT2D eigenvalue weighted by atomic mass is 32.1. The Labute approximate surface area is 86.9 Å². The van der Waals surface area contributed by atoms with Crippen molar-refractivity contribution in [2.24, 2.45) is 0 Å². The van der Waals surface area contributed by atoms with Gasteiger partial charge in [-0.05, 0) is 7.05 Å². The van der Waals surface area contributed by atoms with E-state index in [2.05, 4.69) is 20.9 Å². The van der Waals surface area contributed by atoms with Gasteiger partial charge in [0.05, 0.1) is 19.3 Å². The van der Waals surface area contributed by atoms with Crippen LogP contribution in [-0.2, 0) is 11.3 Å². The number of hydrogen-bond donors (Lipinski definition) is 3. The molecule has 0 spiro atoms. The second kappa shape index (κ2) is 5.56. The first-order chi connectivity index (χ1) is 6.76. The van der Waals surface area contributed by atoms with Crippen LogP contribution in [0.3, 0.4) is 0 Å². The largest absolute Gasteiger partial charge is 0.379 e. The maximum atomic E-state index is 11.1. The van der Waals surface area contributed by atoms with E-state index in [0.29, 0.717) is 13.1 Å². The number of carbonyl (C=O) groups excluding carboxylic acids is 1. The molecule has 5 nitrogen and oxygen atoms in total. The predicted molar refractivity (Wildman–Crippen MR) is 57.4 cm³/mol. The summed E-state index contributed by atoms with van der Waals surface area (Å²) in [4.78, 5) is 15.2. The minimum Gasteiger partial charge on any atom is -0.379 e. The molecule has 0 saturated heterocycles. The normalized spacial score (nSPS) is 9.86. The third-order valence-electron chi connectivity index (χ3n) is 1.57. The molecule has 1 aromatic heterocycles. The lowest BCUT2D eigenvalue weighted by molar-refractivity contribution is -0.120. The number of aromatic nitrogens is 1. The fraction of sp³-hybridized carbons (Fsp3) is 0.500. The van der Waals surface area contributed by atoms with Crippen LogP contribution in [0.15, 0.2) is 6.20 Å². The Hall–Kier alpha value is -1.14. The Morgan fingerprint density at radius 3 is 2.93 bits per heavy atom. The fourth-order valence-electron chi connectivity index (χ4n) is 0.905. The van der Waals surface area contributed by atoms with Crippen molar-refractivity contribution in [1.82, 2.24) is 15.6 Å². The van der Waals surface area contributed by atoms with Gasteiger partial charge in [-0.2, -0.15) is 0 Å². The van der Waals surface area contributed by atoms with Crippen LogP contribution < -0.4 is 16.0 Å². The van der Waals surface area contributed by atoms with Crippen LogP contribution in [0.5, 0.6) is 0 Å². The molecule has 0 atom stereocenters. The van der Waals surface area contributed by atoms with Crippen molar-refractivity contribution in [1.29, 1.82) is 0 Å². The molecule has 0 aliphatic heterocycles. The first-order valence-corrected chi connectivity index (χ1v) is 5.11. The van der Waals surface area contributed by atoms with Gasteiger partial charge < -0.3 is 16.0 Å². The smallest absolute Gasteiger partial charge is 0.234 e. The maximum Gasteiger partial charge on any atom is 0.234 e. The lowest BCUT2D eigenvalue weighted by Crippen LogP contribution is -2.31. The third kappa shape index (κ3) is 3.31. The Kier molecular flexibility index (Phi) is 4.34. The summed E-state index contributed by atoms with van der Waals surface area (Å²) in [7, 11) is 3.58. The molecule has 3 N–H and O–H groups in total. The fourth-order valence-corrected chi connectivity index (χ4v) is 1.62. The van der Waals surface area contributed by atoms with E-state index in [4.69, 9.17) is 0 Å². The molecule has 0 unspecified atom stereocenters. The molecule has 78 valence electrons. The second-order valence-electron chi connectivity index (χ2n) is 2.68. The molecular weight excluding hydrogens is 200 g/mol. The van der Waals surface area contributed by atoms with Crippen LogP contribution >= 0.6 is 11.3 Å². The molecule has 0 aliphatic rings. The van der Waals surface area contributed by atoms with E-state index in [1.807, 2.05) is 7.05 Å². The van der Waals surface area contributed by atoms with Gasteiger partial charge in [0.2, 0.25) is 5.91 Å². The molecule has 0 radical (unpaired) electrons. The van der Waals surface area contributed by atoms with Crippen molar-refractivity contribution < 1.29 is 4.79 Å². The average molecular weight is 214 g/mol. The van der Waals surface area contributed by atoms with Gasteiger partial charge in [0.1, 0.15) is 10.0 Å². The molecule has 1 amide bonds. The SMILES string of the molecule is CNCC(=O)NCc1ncc(NC)s1. The summed E-state index contributed by atoms with van der Waals surface area (Å²) in [5, 5.41) is 10.4.